The molecule has 0 bridgehead atoms. The van der Waals surface area contributed by atoms with Gasteiger partial charge in [0.1, 0.15) is 0 Å². The predicted octanol–water partition coefficient (Wildman–Crippen LogP) is 6.03. The summed E-state index contributed by atoms with van der Waals surface area (Å²) in [7, 11) is 0. The maximum atomic E-state index is 13.1. The number of ether oxygens (including phenoxy) is 1. The van der Waals surface area contributed by atoms with E-state index in [-0.39, 0.29) is 5.97 Å². The largest absolute Gasteiger partial charge is 0.452 e. The average Bonchev–Trinajstić information content (AvgIpc) is 3.12. The Hall–Kier alpha value is -1.75. The van der Waals surface area contributed by atoms with E-state index < -0.39 is 17.4 Å². The van der Waals surface area contributed by atoms with Gasteiger partial charge in [-0.1, -0.05) is 59.8 Å². The maximum Gasteiger partial charge on any atom is 0.317 e. The molecular formula is C21H20Cl3NO3. The van der Waals surface area contributed by atoms with Crippen LogP contribution in [0.25, 0.3) is 0 Å². The van der Waals surface area contributed by atoms with Crippen molar-refractivity contribution in [1.82, 2.24) is 0 Å². The van der Waals surface area contributed by atoms with Crippen LogP contribution in [0, 0.1) is 0 Å². The van der Waals surface area contributed by atoms with Crippen LogP contribution in [0.3, 0.4) is 0 Å². The molecule has 7 heteroatoms. The lowest BCUT2D eigenvalue weighted by Gasteiger charge is -2.28. The van der Waals surface area contributed by atoms with Gasteiger partial charge in [0.05, 0.1) is 5.41 Å². The molecule has 1 atom stereocenters. The highest BCUT2D eigenvalue weighted by molar-refractivity contribution is 6.35. The molecule has 0 aromatic heterocycles. The molecule has 4 nitrogen and oxygen atoms in total. The van der Waals surface area contributed by atoms with Gasteiger partial charge in [-0.3, -0.25) is 9.59 Å². The lowest BCUT2D eigenvalue weighted by atomic mass is 9.79. The number of rotatable bonds is 5. The third kappa shape index (κ3) is 4.62. The Labute approximate surface area is 179 Å². The molecule has 0 spiro atoms. The molecule has 1 N–H and O–H groups in total. The fraction of sp³-hybridized carbons (Fsp3) is 0.333. The number of carbonyl (C=O) groups is 2. The highest BCUT2D eigenvalue weighted by atomic mass is 35.5. The van der Waals surface area contributed by atoms with Crippen LogP contribution in [0.2, 0.25) is 15.1 Å². The van der Waals surface area contributed by atoms with Crippen molar-refractivity contribution in [3.63, 3.8) is 0 Å². The van der Waals surface area contributed by atoms with Gasteiger partial charge in [0, 0.05) is 20.8 Å². The normalized spacial score (nSPS) is 16.4. The third-order valence-electron chi connectivity index (χ3n) is 5.03. The fourth-order valence-electron chi connectivity index (χ4n) is 3.55. The predicted molar refractivity (Wildman–Crippen MR) is 112 cm³/mol. The van der Waals surface area contributed by atoms with Crippen molar-refractivity contribution >= 4 is 52.4 Å². The number of nitrogens with one attached hydrogen (secondary N) is 1. The van der Waals surface area contributed by atoms with Crippen LogP contribution in [0.5, 0.6) is 0 Å². The minimum Gasteiger partial charge on any atom is -0.452 e. The van der Waals surface area contributed by atoms with Crippen molar-refractivity contribution in [2.75, 3.05) is 5.32 Å². The summed E-state index contributed by atoms with van der Waals surface area (Å²) in [5.41, 5.74) is 0.575. The summed E-state index contributed by atoms with van der Waals surface area (Å²) in [6.07, 6.45) is 2.27. The standard InChI is InChI=1S/C21H20Cl3NO3/c1-13(19(26)25-18-11-16(23)10-17(24)12-18)28-20(27)21(8-2-3-9-21)14-4-6-15(22)7-5-14/h4-7,10-13H,2-3,8-9H2,1H3,(H,25,26). The summed E-state index contributed by atoms with van der Waals surface area (Å²) in [5.74, 6) is -0.838. The van der Waals surface area contributed by atoms with Gasteiger partial charge in [-0.15, -0.1) is 0 Å². The zero-order chi connectivity index (χ0) is 20.3. The highest BCUT2D eigenvalue weighted by Gasteiger charge is 2.45. The summed E-state index contributed by atoms with van der Waals surface area (Å²) >= 11 is 17.9. The van der Waals surface area contributed by atoms with E-state index in [1.54, 1.807) is 37.3 Å². The smallest absolute Gasteiger partial charge is 0.317 e. The van der Waals surface area contributed by atoms with E-state index in [0.717, 1.165) is 18.4 Å². The lowest BCUT2D eigenvalue weighted by Crippen LogP contribution is -2.39. The highest BCUT2D eigenvalue weighted by Crippen LogP contribution is 2.42. The van der Waals surface area contributed by atoms with E-state index in [2.05, 4.69) is 5.32 Å². The molecule has 1 saturated carbocycles. The van der Waals surface area contributed by atoms with E-state index in [0.29, 0.717) is 33.6 Å². The molecule has 0 aliphatic heterocycles. The Bertz CT molecular complexity index is 857. The Morgan fingerprint density at radius 3 is 2.11 bits per heavy atom. The average molecular weight is 441 g/mol. The molecule has 0 saturated heterocycles. The minimum atomic E-state index is -0.963. The van der Waals surface area contributed by atoms with Crippen LogP contribution in [-0.4, -0.2) is 18.0 Å². The van der Waals surface area contributed by atoms with Gasteiger partial charge in [0.25, 0.3) is 5.91 Å². The van der Waals surface area contributed by atoms with E-state index in [4.69, 9.17) is 39.5 Å². The first kappa shape index (κ1) is 21.0. The van der Waals surface area contributed by atoms with Crippen molar-refractivity contribution in [3.05, 3.63) is 63.1 Å². The van der Waals surface area contributed by atoms with Gasteiger partial charge in [-0.25, -0.2) is 0 Å². The van der Waals surface area contributed by atoms with E-state index in [1.807, 2.05) is 12.1 Å². The van der Waals surface area contributed by atoms with Gasteiger partial charge in [-0.05, 0) is 55.7 Å². The van der Waals surface area contributed by atoms with Crippen LogP contribution < -0.4 is 5.32 Å². The Balaban J connectivity index is 1.72. The van der Waals surface area contributed by atoms with Crippen LogP contribution >= 0.6 is 34.8 Å². The molecule has 1 aliphatic carbocycles. The summed E-state index contributed by atoms with van der Waals surface area (Å²) in [5, 5.41) is 4.09. The van der Waals surface area contributed by atoms with Gasteiger partial charge in [0.2, 0.25) is 0 Å². The number of benzene rings is 2. The molecule has 2 aromatic carbocycles. The SMILES string of the molecule is CC(OC(=O)C1(c2ccc(Cl)cc2)CCCC1)C(=O)Nc1cc(Cl)cc(Cl)c1. The van der Waals surface area contributed by atoms with Crippen molar-refractivity contribution in [2.24, 2.45) is 0 Å². The first-order valence-electron chi connectivity index (χ1n) is 9.04. The Morgan fingerprint density at radius 1 is 0.964 bits per heavy atom. The second kappa shape index (κ2) is 8.73. The van der Waals surface area contributed by atoms with Crippen LogP contribution in [0.1, 0.15) is 38.2 Å². The molecule has 148 valence electrons. The molecule has 2 aromatic rings. The fourth-order valence-corrected chi connectivity index (χ4v) is 4.21. The zero-order valence-corrected chi connectivity index (χ0v) is 17.6. The van der Waals surface area contributed by atoms with E-state index >= 15 is 0 Å². The number of halogens is 3. The van der Waals surface area contributed by atoms with Crippen molar-refractivity contribution in [1.29, 1.82) is 0 Å². The first-order valence-corrected chi connectivity index (χ1v) is 10.2. The maximum absolute atomic E-state index is 13.1. The summed E-state index contributed by atoms with van der Waals surface area (Å²) < 4.78 is 5.57. The summed E-state index contributed by atoms with van der Waals surface area (Å²) in [6, 6.07) is 12.0. The van der Waals surface area contributed by atoms with E-state index in [9.17, 15) is 9.59 Å². The molecule has 3 rings (SSSR count). The van der Waals surface area contributed by atoms with Crippen molar-refractivity contribution in [2.45, 2.75) is 44.1 Å². The number of hydrogen-bond donors (Lipinski definition) is 1. The Kier molecular flexibility index (Phi) is 6.54. The molecular weight excluding hydrogens is 421 g/mol. The van der Waals surface area contributed by atoms with Crippen LogP contribution in [-0.2, 0) is 19.7 Å². The molecule has 1 fully saturated rings. The van der Waals surface area contributed by atoms with E-state index in [1.165, 1.54) is 0 Å². The number of hydrogen-bond acceptors (Lipinski definition) is 3. The topological polar surface area (TPSA) is 55.4 Å². The lowest BCUT2D eigenvalue weighted by molar-refractivity contribution is -0.159. The molecule has 0 radical (unpaired) electrons. The van der Waals surface area contributed by atoms with Crippen molar-refractivity contribution in [3.8, 4) is 0 Å². The zero-order valence-electron chi connectivity index (χ0n) is 15.3. The molecule has 1 amide bonds. The molecule has 1 unspecified atom stereocenters. The van der Waals surface area contributed by atoms with Gasteiger partial charge < -0.3 is 10.1 Å². The van der Waals surface area contributed by atoms with Gasteiger partial charge >= 0.3 is 5.97 Å². The third-order valence-corrected chi connectivity index (χ3v) is 5.72. The monoisotopic (exact) mass is 439 g/mol. The molecule has 1 aliphatic rings. The number of anilines is 1. The number of esters is 1. The summed E-state index contributed by atoms with van der Waals surface area (Å²) in [6.45, 7) is 1.55. The second-order valence-electron chi connectivity index (χ2n) is 6.99. The first-order chi connectivity index (χ1) is 13.3. The minimum absolute atomic E-state index is 0.390. The molecule has 0 heterocycles. The summed E-state index contributed by atoms with van der Waals surface area (Å²) in [4.78, 5) is 25.5. The number of amides is 1. The Morgan fingerprint density at radius 2 is 1.54 bits per heavy atom. The van der Waals surface area contributed by atoms with Crippen LogP contribution in [0.4, 0.5) is 5.69 Å². The second-order valence-corrected chi connectivity index (χ2v) is 8.30. The van der Waals surface area contributed by atoms with Gasteiger partial charge in [-0.2, -0.15) is 0 Å². The number of carbonyl (C=O) groups excluding carboxylic acids is 2. The quantitative estimate of drug-likeness (QED) is 0.578. The molecule has 28 heavy (non-hydrogen) atoms. The van der Waals surface area contributed by atoms with Crippen LogP contribution in [0.15, 0.2) is 42.5 Å². The van der Waals surface area contributed by atoms with Gasteiger partial charge in [0.15, 0.2) is 6.10 Å². The van der Waals surface area contributed by atoms with Crippen molar-refractivity contribution < 1.29 is 14.3 Å².